The van der Waals surface area contributed by atoms with Crippen LogP contribution in [0.2, 0.25) is 0 Å². The first kappa shape index (κ1) is 38.6. The van der Waals surface area contributed by atoms with Gasteiger partial charge in [-0.15, -0.1) is 0 Å². The van der Waals surface area contributed by atoms with Crippen molar-refractivity contribution >= 4 is 11.0 Å². The zero-order valence-electron chi connectivity index (χ0n) is 52.1. The zero-order valence-corrected chi connectivity index (χ0v) is 43.1. The van der Waals surface area contributed by atoms with Gasteiger partial charge in [-0.05, 0) is 126 Å². The van der Waals surface area contributed by atoms with E-state index in [1.165, 1.54) is 17.7 Å². The standard InChI is InChI=1S/C65H75N3O/c1-60(2,3)46-28-26-41(27-29-46)43-32-33-66-54(37-43)45-34-44(35-48(36-45)61(4,5)6)50-24-21-25-56-57(50)67-59(52-39-49(62(7,8)9)40-53(58(52)69)63(10,11)12)68(56)55-31-30-47(65(16,17)64(13,14)15)38-51(55)42-22-19-18-20-23-42/h18-40,69H,1-17H3/i1D3,2D3,3D3. The quantitative estimate of drug-likeness (QED) is 0.173. The maximum absolute atomic E-state index is 12.7. The smallest absolute Gasteiger partial charge is 0.149 e. The highest BCUT2D eigenvalue weighted by atomic mass is 16.3. The van der Waals surface area contributed by atoms with E-state index in [1.807, 2.05) is 18.2 Å². The van der Waals surface area contributed by atoms with Crippen LogP contribution in [-0.4, -0.2) is 19.6 Å². The molecule has 0 spiro atoms. The number of hydrogen-bond donors (Lipinski definition) is 1. The van der Waals surface area contributed by atoms with Gasteiger partial charge in [0.1, 0.15) is 11.6 Å². The monoisotopic (exact) mass is 923 g/mol. The second kappa shape index (κ2) is 17.3. The molecule has 6 aromatic carbocycles. The molecule has 1 N–H and O–H groups in total. The summed E-state index contributed by atoms with van der Waals surface area (Å²) in [5, 5.41) is 12.7. The Bertz CT molecular complexity index is 3500. The summed E-state index contributed by atoms with van der Waals surface area (Å²) in [4.78, 5) is 10.6. The number of rotatable bonds is 7. The number of nitrogens with zero attached hydrogens (tertiary/aromatic N) is 3. The average Bonchev–Trinajstić information content (AvgIpc) is 3.87. The van der Waals surface area contributed by atoms with Gasteiger partial charge in [-0.25, -0.2) is 4.98 Å². The Balaban J connectivity index is 1.39. The summed E-state index contributed by atoms with van der Waals surface area (Å²) >= 11 is 0. The molecule has 4 nitrogen and oxygen atoms in total. The lowest BCUT2D eigenvalue weighted by atomic mass is 9.65. The number of aromatic nitrogens is 3. The highest BCUT2D eigenvalue weighted by molar-refractivity contribution is 5.98. The molecule has 2 aromatic heterocycles. The van der Waals surface area contributed by atoms with Crippen molar-refractivity contribution in [1.82, 2.24) is 14.5 Å². The van der Waals surface area contributed by atoms with E-state index in [0.717, 1.165) is 61.2 Å². The molecule has 8 rings (SSSR count). The van der Waals surface area contributed by atoms with Crippen molar-refractivity contribution in [3.8, 4) is 67.5 Å². The number of benzene rings is 6. The van der Waals surface area contributed by atoms with E-state index in [4.69, 9.17) is 22.3 Å². The zero-order chi connectivity index (χ0) is 57.7. The van der Waals surface area contributed by atoms with Crippen LogP contribution in [-0.2, 0) is 27.1 Å². The molecule has 0 amide bonds. The van der Waals surface area contributed by atoms with Crippen molar-refractivity contribution in [3.05, 3.63) is 167 Å². The molecular weight excluding hydrogens is 839 g/mol. The van der Waals surface area contributed by atoms with E-state index in [0.29, 0.717) is 28.2 Å². The molecule has 2 heterocycles. The summed E-state index contributed by atoms with van der Waals surface area (Å²) in [5.74, 6) is 0.789. The van der Waals surface area contributed by atoms with E-state index >= 15 is 0 Å². The Hall–Kier alpha value is -6.26. The molecule has 0 saturated heterocycles. The lowest BCUT2D eigenvalue weighted by Gasteiger charge is -2.40. The van der Waals surface area contributed by atoms with Crippen LogP contribution in [0.15, 0.2) is 140 Å². The third-order valence-electron chi connectivity index (χ3n) is 14.4. The van der Waals surface area contributed by atoms with Gasteiger partial charge in [0.05, 0.1) is 28.0 Å². The van der Waals surface area contributed by atoms with Crippen molar-refractivity contribution in [2.75, 3.05) is 0 Å². The third-order valence-corrected chi connectivity index (χ3v) is 14.4. The van der Waals surface area contributed by atoms with Crippen LogP contribution in [0.5, 0.6) is 5.75 Å². The summed E-state index contributed by atoms with van der Waals surface area (Å²) in [7, 11) is 0. The van der Waals surface area contributed by atoms with Gasteiger partial charge in [-0.1, -0.05) is 202 Å². The number of aromatic hydroxyl groups is 1. The van der Waals surface area contributed by atoms with Crippen LogP contribution in [0.1, 0.15) is 158 Å². The van der Waals surface area contributed by atoms with Gasteiger partial charge in [0.15, 0.2) is 0 Å². The van der Waals surface area contributed by atoms with Crippen molar-refractivity contribution in [2.45, 2.75) is 145 Å². The number of fused-ring (bicyclic) bond motifs is 1. The Morgan fingerprint density at radius 2 is 1.09 bits per heavy atom. The summed E-state index contributed by atoms with van der Waals surface area (Å²) in [6.45, 7) is 20.8. The van der Waals surface area contributed by atoms with Gasteiger partial charge in [-0.2, -0.15) is 0 Å². The van der Waals surface area contributed by atoms with Crippen LogP contribution < -0.4 is 0 Å². The maximum Gasteiger partial charge on any atom is 0.149 e. The van der Waals surface area contributed by atoms with Gasteiger partial charge in [0, 0.05) is 40.8 Å². The molecule has 0 atom stereocenters. The summed E-state index contributed by atoms with van der Waals surface area (Å²) in [6, 6.07) is 43.7. The molecule has 8 aromatic rings. The number of para-hydroxylation sites is 1. The molecule has 356 valence electrons. The lowest BCUT2D eigenvalue weighted by Crippen LogP contribution is -2.34. The lowest BCUT2D eigenvalue weighted by molar-refractivity contribution is 0.225. The average molecular weight is 923 g/mol. The molecule has 0 aliphatic heterocycles. The fourth-order valence-electron chi connectivity index (χ4n) is 9.01. The predicted octanol–water partition coefficient (Wildman–Crippen LogP) is 18.0. The van der Waals surface area contributed by atoms with Crippen molar-refractivity contribution in [3.63, 3.8) is 0 Å². The highest BCUT2D eigenvalue weighted by Crippen LogP contribution is 2.48. The summed E-state index contributed by atoms with van der Waals surface area (Å²) in [5.41, 5.74) is 9.31. The van der Waals surface area contributed by atoms with Crippen LogP contribution in [0.4, 0.5) is 0 Å². The van der Waals surface area contributed by atoms with Gasteiger partial charge in [0.25, 0.3) is 0 Å². The predicted molar refractivity (Wildman–Crippen MR) is 295 cm³/mol. The Kier molecular flexibility index (Phi) is 9.67. The molecular formula is C65H75N3O. The SMILES string of the molecule is [2H]C([2H])([2H])C(c1ccc(-c2ccnc(-c3cc(-c4cccc5c4nc(-c4cc(C(C)(C)C)cc(C(C)(C)C)c4O)n5-c4ccc(C(C)(C)C(C)(C)C)cc4-c4ccccc4)cc(C(C)(C)C)c3)c2)cc1)(C([2H])([2H])[2H])C([2H])([2H])[2H]. The molecule has 0 fully saturated rings. The second-order valence-corrected chi connectivity index (χ2v) is 23.6. The first-order valence-corrected chi connectivity index (χ1v) is 24.1. The van der Waals surface area contributed by atoms with Crippen molar-refractivity contribution < 1.29 is 17.4 Å². The van der Waals surface area contributed by atoms with Gasteiger partial charge >= 0.3 is 0 Å². The molecule has 0 aliphatic carbocycles. The van der Waals surface area contributed by atoms with E-state index in [1.54, 1.807) is 18.3 Å². The van der Waals surface area contributed by atoms with Crippen molar-refractivity contribution in [1.29, 1.82) is 0 Å². The molecule has 0 unspecified atom stereocenters. The normalized spacial score (nSPS) is 15.5. The Labute approximate surface area is 426 Å². The molecule has 4 heteroatoms. The minimum absolute atomic E-state index is 0.0574. The summed E-state index contributed by atoms with van der Waals surface area (Å²) in [6.07, 6.45) is 1.69. The van der Waals surface area contributed by atoms with Crippen molar-refractivity contribution in [2.24, 2.45) is 5.41 Å². The fraction of sp³-hybridized carbons (Fsp3) is 0.354. The van der Waals surface area contributed by atoms with E-state index in [-0.39, 0.29) is 33.0 Å². The van der Waals surface area contributed by atoms with Gasteiger partial charge in [0.2, 0.25) is 0 Å². The number of pyridine rings is 1. The topological polar surface area (TPSA) is 50.9 Å². The van der Waals surface area contributed by atoms with E-state index < -0.39 is 31.4 Å². The van der Waals surface area contributed by atoms with E-state index in [9.17, 15) is 5.11 Å². The Morgan fingerprint density at radius 3 is 1.71 bits per heavy atom. The molecule has 69 heavy (non-hydrogen) atoms. The van der Waals surface area contributed by atoms with Crippen LogP contribution in [0, 0.1) is 5.41 Å². The minimum Gasteiger partial charge on any atom is -0.507 e. The molecule has 0 aliphatic rings. The molecule has 0 saturated carbocycles. The van der Waals surface area contributed by atoms with Crippen LogP contribution >= 0.6 is 0 Å². The van der Waals surface area contributed by atoms with Gasteiger partial charge in [-0.3, -0.25) is 9.55 Å². The van der Waals surface area contributed by atoms with Crippen LogP contribution in [0.25, 0.3) is 72.7 Å². The number of imidazole rings is 1. The number of phenols is 1. The minimum atomic E-state index is -3.37. The highest BCUT2D eigenvalue weighted by Gasteiger charge is 2.36. The number of hydrogen-bond acceptors (Lipinski definition) is 3. The maximum atomic E-state index is 12.7. The molecule has 0 bridgehead atoms. The molecule has 0 radical (unpaired) electrons. The van der Waals surface area contributed by atoms with Crippen LogP contribution in [0.3, 0.4) is 0 Å². The third kappa shape index (κ3) is 9.57. The van der Waals surface area contributed by atoms with Gasteiger partial charge < -0.3 is 5.11 Å². The summed E-state index contributed by atoms with van der Waals surface area (Å²) < 4.78 is 76.4. The van der Waals surface area contributed by atoms with E-state index in [2.05, 4.69) is 192 Å². The largest absolute Gasteiger partial charge is 0.507 e. The Morgan fingerprint density at radius 1 is 0.464 bits per heavy atom. The first-order valence-electron chi connectivity index (χ1n) is 28.6. The first-order chi connectivity index (χ1) is 35.8. The second-order valence-electron chi connectivity index (χ2n) is 23.6. The number of phenolic OH excluding ortho intramolecular Hbond substituents is 1. The fourth-order valence-corrected chi connectivity index (χ4v) is 9.01.